The number of benzene rings is 2. The molecule has 2 aromatic rings. The summed E-state index contributed by atoms with van der Waals surface area (Å²) in [6.07, 6.45) is 0.944. The average molecular weight is 287 g/mol. The summed E-state index contributed by atoms with van der Waals surface area (Å²) < 4.78 is 18.3. The maximum atomic E-state index is 13.0. The zero-order chi connectivity index (χ0) is 15.2. The van der Waals surface area contributed by atoms with E-state index < -0.39 is 0 Å². The lowest BCUT2D eigenvalue weighted by Crippen LogP contribution is -2.24. The van der Waals surface area contributed by atoms with E-state index in [1.807, 2.05) is 30.3 Å². The van der Waals surface area contributed by atoms with Crippen molar-refractivity contribution in [2.75, 3.05) is 7.11 Å². The van der Waals surface area contributed by atoms with Crippen LogP contribution in [-0.2, 0) is 0 Å². The molecule has 21 heavy (non-hydrogen) atoms. The molecule has 0 fully saturated rings. The highest BCUT2D eigenvalue weighted by molar-refractivity contribution is 5.30. The summed E-state index contributed by atoms with van der Waals surface area (Å²) in [5.41, 5.74) is 2.28. The fourth-order valence-corrected chi connectivity index (χ4v) is 2.45. The van der Waals surface area contributed by atoms with Crippen LogP contribution < -0.4 is 10.1 Å². The van der Waals surface area contributed by atoms with Crippen LogP contribution in [0.25, 0.3) is 0 Å². The normalized spacial score (nSPS) is 13.7. The van der Waals surface area contributed by atoms with Crippen molar-refractivity contribution in [3.63, 3.8) is 0 Å². The van der Waals surface area contributed by atoms with Gasteiger partial charge < -0.3 is 10.1 Å². The van der Waals surface area contributed by atoms with Crippen LogP contribution in [0.1, 0.15) is 43.5 Å². The molecule has 2 atom stereocenters. The first-order valence-electron chi connectivity index (χ1n) is 7.29. The van der Waals surface area contributed by atoms with Crippen LogP contribution in [0.5, 0.6) is 5.75 Å². The Labute approximate surface area is 126 Å². The molecule has 0 aliphatic rings. The van der Waals surface area contributed by atoms with Gasteiger partial charge in [-0.2, -0.15) is 0 Å². The molecule has 0 aliphatic carbocycles. The Morgan fingerprint density at radius 3 is 2.43 bits per heavy atom. The van der Waals surface area contributed by atoms with E-state index in [1.165, 1.54) is 17.7 Å². The SMILES string of the molecule is CCC(NC(C)c1cccc(OC)c1)c1ccc(F)cc1. The maximum Gasteiger partial charge on any atom is 0.123 e. The van der Waals surface area contributed by atoms with Gasteiger partial charge in [0, 0.05) is 12.1 Å². The zero-order valence-corrected chi connectivity index (χ0v) is 12.8. The van der Waals surface area contributed by atoms with Crippen LogP contribution in [-0.4, -0.2) is 7.11 Å². The first-order valence-corrected chi connectivity index (χ1v) is 7.29. The molecule has 3 heteroatoms. The van der Waals surface area contributed by atoms with Gasteiger partial charge in [-0.25, -0.2) is 4.39 Å². The predicted octanol–water partition coefficient (Wildman–Crippen LogP) is 4.64. The van der Waals surface area contributed by atoms with Crippen LogP contribution in [0.4, 0.5) is 4.39 Å². The van der Waals surface area contributed by atoms with E-state index in [2.05, 4.69) is 25.2 Å². The monoisotopic (exact) mass is 287 g/mol. The van der Waals surface area contributed by atoms with Crippen molar-refractivity contribution in [3.05, 3.63) is 65.5 Å². The van der Waals surface area contributed by atoms with Crippen LogP contribution in [0.15, 0.2) is 48.5 Å². The Balaban J connectivity index is 2.11. The van der Waals surface area contributed by atoms with Gasteiger partial charge >= 0.3 is 0 Å². The molecule has 2 aromatic carbocycles. The van der Waals surface area contributed by atoms with Crippen LogP contribution in [0.2, 0.25) is 0 Å². The lowest BCUT2D eigenvalue weighted by molar-refractivity contribution is 0.411. The fraction of sp³-hybridized carbons (Fsp3) is 0.333. The maximum absolute atomic E-state index is 13.0. The largest absolute Gasteiger partial charge is 0.497 e. The molecule has 2 nitrogen and oxygen atoms in total. The second-order valence-corrected chi connectivity index (χ2v) is 5.18. The molecule has 0 aliphatic heterocycles. The number of hydrogen-bond donors (Lipinski definition) is 1. The summed E-state index contributed by atoms with van der Waals surface area (Å²) in [5, 5.41) is 3.59. The minimum Gasteiger partial charge on any atom is -0.497 e. The van der Waals surface area contributed by atoms with Gasteiger partial charge in [0.15, 0.2) is 0 Å². The van der Waals surface area contributed by atoms with Gasteiger partial charge in [-0.1, -0.05) is 31.2 Å². The predicted molar refractivity (Wildman–Crippen MR) is 84.0 cm³/mol. The molecule has 0 saturated heterocycles. The second kappa shape index (κ2) is 7.23. The molecule has 0 heterocycles. The Morgan fingerprint density at radius 1 is 1.10 bits per heavy atom. The summed E-state index contributed by atoms with van der Waals surface area (Å²) in [5.74, 6) is 0.658. The first-order chi connectivity index (χ1) is 10.1. The standard InChI is InChI=1S/C18H22FNO/c1-4-18(14-8-10-16(19)11-9-14)20-13(2)15-6-5-7-17(12-15)21-3/h5-13,18,20H,4H2,1-3H3. The van der Waals surface area contributed by atoms with Gasteiger partial charge in [-0.15, -0.1) is 0 Å². The minimum absolute atomic E-state index is 0.190. The molecule has 0 radical (unpaired) electrons. The quantitative estimate of drug-likeness (QED) is 0.836. The number of halogens is 1. The average Bonchev–Trinajstić information content (AvgIpc) is 2.53. The smallest absolute Gasteiger partial charge is 0.123 e. The van der Waals surface area contributed by atoms with E-state index in [-0.39, 0.29) is 17.9 Å². The lowest BCUT2D eigenvalue weighted by atomic mass is 10.0. The van der Waals surface area contributed by atoms with Crippen molar-refractivity contribution in [1.82, 2.24) is 5.32 Å². The Hall–Kier alpha value is -1.87. The summed E-state index contributed by atoms with van der Waals surface area (Å²) in [4.78, 5) is 0. The van der Waals surface area contributed by atoms with E-state index in [0.29, 0.717) is 0 Å². The number of ether oxygens (including phenoxy) is 1. The summed E-state index contributed by atoms with van der Waals surface area (Å²) in [7, 11) is 1.67. The van der Waals surface area contributed by atoms with Gasteiger partial charge in [0.2, 0.25) is 0 Å². The van der Waals surface area contributed by atoms with Gasteiger partial charge in [-0.3, -0.25) is 0 Å². The van der Waals surface area contributed by atoms with Gasteiger partial charge in [-0.05, 0) is 48.7 Å². The highest BCUT2D eigenvalue weighted by Gasteiger charge is 2.14. The molecule has 112 valence electrons. The number of nitrogens with one attached hydrogen (secondary N) is 1. The van der Waals surface area contributed by atoms with E-state index in [9.17, 15) is 4.39 Å². The molecule has 0 spiro atoms. The van der Waals surface area contributed by atoms with Crippen molar-refractivity contribution < 1.29 is 9.13 Å². The first kappa shape index (κ1) is 15.5. The van der Waals surface area contributed by atoms with E-state index in [1.54, 1.807) is 7.11 Å². The third-order valence-electron chi connectivity index (χ3n) is 3.73. The topological polar surface area (TPSA) is 21.3 Å². The Bertz CT molecular complexity index is 568. The molecular weight excluding hydrogens is 265 g/mol. The third kappa shape index (κ3) is 4.05. The van der Waals surface area contributed by atoms with E-state index >= 15 is 0 Å². The second-order valence-electron chi connectivity index (χ2n) is 5.18. The van der Waals surface area contributed by atoms with Crippen LogP contribution in [0.3, 0.4) is 0 Å². The zero-order valence-electron chi connectivity index (χ0n) is 12.8. The van der Waals surface area contributed by atoms with Crippen molar-refractivity contribution in [3.8, 4) is 5.75 Å². The summed E-state index contributed by atoms with van der Waals surface area (Å²) in [6.45, 7) is 4.25. The number of rotatable bonds is 6. The number of methoxy groups -OCH3 is 1. The molecule has 0 bridgehead atoms. The molecule has 0 aromatic heterocycles. The molecule has 2 unspecified atom stereocenters. The molecule has 2 rings (SSSR count). The highest BCUT2D eigenvalue weighted by Crippen LogP contribution is 2.24. The van der Waals surface area contributed by atoms with Gasteiger partial charge in [0.1, 0.15) is 11.6 Å². The van der Waals surface area contributed by atoms with Crippen LogP contribution >= 0.6 is 0 Å². The fourth-order valence-electron chi connectivity index (χ4n) is 2.45. The van der Waals surface area contributed by atoms with Crippen molar-refractivity contribution in [1.29, 1.82) is 0 Å². The summed E-state index contributed by atoms with van der Waals surface area (Å²) >= 11 is 0. The minimum atomic E-state index is -0.200. The molecule has 0 saturated carbocycles. The lowest BCUT2D eigenvalue weighted by Gasteiger charge is -2.23. The molecular formula is C18H22FNO. The Morgan fingerprint density at radius 2 is 1.81 bits per heavy atom. The van der Waals surface area contributed by atoms with Crippen molar-refractivity contribution in [2.45, 2.75) is 32.4 Å². The van der Waals surface area contributed by atoms with E-state index in [4.69, 9.17) is 4.74 Å². The number of hydrogen-bond acceptors (Lipinski definition) is 2. The van der Waals surface area contributed by atoms with Crippen molar-refractivity contribution >= 4 is 0 Å². The highest BCUT2D eigenvalue weighted by atomic mass is 19.1. The van der Waals surface area contributed by atoms with Crippen molar-refractivity contribution in [2.24, 2.45) is 0 Å². The van der Waals surface area contributed by atoms with Gasteiger partial charge in [0.05, 0.1) is 7.11 Å². The summed E-state index contributed by atoms with van der Waals surface area (Å²) in [6, 6.07) is 15.1. The third-order valence-corrected chi connectivity index (χ3v) is 3.73. The van der Waals surface area contributed by atoms with Crippen LogP contribution in [0, 0.1) is 5.82 Å². The van der Waals surface area contributed by atoms with Gasteiger partial charge in [0.25, 0.3) is 0 Å². The molecule has 0 amide bonds. The molecule has 1 N–H and O–H groups in total. The Kier molecular flexibility index (Phi) is 5.34. The van der Waals surface area contributed by atoms with E-state index in [0.717, 1.165) is 17.7 Å².